The fourth-order valence-electron chi connectivity index (χ4n) is 3.86. The Labute approximate surface area is 220 Å². The fraction of sp³-hybridized carbons (Fsp3) is 0.483. The topological polar surface area (TPSA) is 113 Å². The number of carbonyl (C=O) groups is 1. The third-order valence-electron chi connectivity index (χ3n) is 5.91. The van der Waals surface area contributed by atoms with Crippen LogP contribution < -0.4 is 0 Å². The number of phosphoric acid groups is 1. The molecule has 37 heavy (non-hydrogen) atoms. The Hall–Kier alpha value is -2.12. The minimum Gasteiger partial charge on any atom is -0.388 e. The van der Waals surface area contributed by atoms with Gasteiger partial charge in [-0.05, 0) is 44.1 Å². The molecule has 0 fully saturated rings. The zero-order valence-corrected chi connectivity index (χ0v) is 22.4. The van der Waals surface area contributed by atoms with Crippen molar-refractivity contribution in [1.29, 1.82) is 0 Å². The Morgan fingerprint density at radius 3 is 2.05 bits per heavy atom. The highest BCUT2D eigenvalue weighted by molar-refractivity contribution is 7.46. The SMILES string of the molecule is O=C(c1ccccc1)c1ccc(CCC/C=C\CCCCCCCCOCC(O)CO[32P](=O)(O)O)cc1. The molecular formula is C29H41O7P. The number of rotatable bonds is 20. The predicted molar refractivity (Wildman–Crippen MR) is 146 cm³/mol. The first-order valence-corrected chi connectivity index (χ1v) is 14.7. The summed E-state index contributed by atoms with van der Waals surface area (Å²) >= 11 is 0. The van der Waals surface area contributed by atoms with Crippen molar-refractivity contribution in [3.63, 3.8) is 0 Å². The molecule has 3 N–H and O–H groups in total. The van der Waals surface area contributed by atoms with Gasteiger partial charge in [0.1, 0.15) is 6.10 Å². The predicted octanol–water partition coefficient (Wildman–Crippen LogP) is 6.01. The normalized spacial score (nSPS) is 12.7. The van der Waals surface area contributed by atoms with Crippen molar-refractivity contribution in [2.24, 2.45) is 0 Å². The van der Waals surface area contributed by atoms with E-state index in [4.69, 9.17) is 14.5 Å². The summed E-state index contributed by atoms with van der Waals surface area (Å²) in [5.74, 6) is 0.0617. The van der Waals surface area contributed by atoms with Gasteiger partial charge in [-0.3, -0.25) is 9.32 Å². The van der Waals surface area contributed by atoms with Crippen molar-refractivity contribution in [2.75, 3.05) is 19.8 Å². The maximum Gasteiger partial charge on any atom is 0.469 e. The van der Waals surface area contributed by atoms with Crippen LogP contribution in [0.25, 0.3) is 0 Å². The second-order valence-electron chi connectivity index (χ2n) is 9.18. The summed E-state index contributed by atoms with van der Waals surface area (Å²) in [7, 11) is -4.54. The lowest BCUT2D eigenvalue weighted by Gasteiger charge is -2.12. The summed E-state index contributed by atoms with van der Waals surface area (Å²) in [5, 5.41) is 9.51. The Kier molecular flexibility index (Phi) is 15.3. The zero-order valence-electron chi connectivity index (χ0n) is 21.5. The third-order valence-corrected chi connectivity index (χ3v) is 6.40. The molecule has 2 rings (SSSR count). The minimum absolute atomic E-state index is 0.00831. The van der Waals surface area contributed by atoms with Crippen LogP contribution in [0.5, 0.6) is 0 Å². The lowest BCUT2D eigenvalue weighted by atomic mass is 10.0. The summed E-state index contributed by atoms with van der Waals surface area (Å²) in [6.07, 6.45) is 14.5. The fourth-order valence-corrected chi connectivity index (χ4v) is 4.23. The van der Waals surface area contributed by atoms with Crippen LogP contribution >= 0.6 is 7.82 Å². The summed E-state index contributed by atoms with van der Waals surface area (Å²) < 4.78 is 20.1. The molecule has 0 heterocycles. The number of aliphatic hydroxyl groups excluding tert-OH is 1. The molecule has 0 aliphatic carbocycles. The van der Waals surface area contributed by atoms with Gasteiger partial charge in [0, 0.05) is 17.7 Å². The first-order valence-electron chi connectivity index (χ1n) is 13.1. The van der Waals surface area contributed by atoms with Crippen LogP contribution in [0.2, 0.25) is 0 Å². The molecule has 8 heteroatoms. The molecule has 1 unspecified atom stereocenters. The molecule has 0 saturated heterocycles. The largest absolute Gasteiger partial charge is 0.469 e. The molecule has 0 spiro atoms. The minimum atomic E-state index is -4.54. The number of aryl methyl sites for hydroxylation is 1. The number of unbranched alkanes of at least 4 members (excludes halogenated alkanes) is 7. The van der Waals surface area contributed by atoms with Crippen LogP contribution in [0.3, 0.4) is 0 Å². The van der Waals surface area contributed by atoms with Gasteiger partial charge in [0.15, 0.2) is 5.78 Å². The molecule has 0 bridgehead atoms. The van der Waals surface area contributed by atoms with Gasteiger partial charge in [0.25, 0.3) is 0 Å². The van der Waals surface area contributed by atoms with E-state index >= 15 is 0 Å². The van der Waals surface area contributed by atoms with E-state index in [-0.39, 0.29) is 12.4 Å². The molecule has 0 amide bonds. The summed E-state index contributed by atoms with van der Waals surface area (Å²) in [6.45, 7) is 0.0886. The molecule has 2 aromatic carbocycles. The van der Waals surface area contributed by atoms with Crippen LogP contribution in [-0.4, -0.2) is 46.6 Å². The van der Waals surface area contributed by atoms with E-state index < -0.39 is 20.5 Å². The number of phosphoric ester groups is 1. The standard InChI is InChI=1S/C29H41O7P/c30-28(24-36-37(32,33)34)23-35-22-14-9-7-5-3-1-2-4-6-8-11-15-25-18-20-27(21-19-25)29(31)26-16-12-10-13-17-26/h4,6,10,12-13,16-21,28,30H,1-3,5,7-9,11,14-15,22-24H2,(H2,32,33,34)/b6-4-/i37+1. The van der Waals surface area contributed by atoms with E-state index in [1.165, 1.54) is 24.8 Å². The quantitative estimate of drug-likeness (QED) is 0.0826. The Morgan fingerprint density at radius 2 is 1.38 bits per heavy atom. The first-order chi connectivity index (χ1) is 17.8. The number of ether oxygens (including phenoxy) is 1. The molecule has 0 aromatic heterocycles. The summed E-state index contributed by atoms with van der Waals surface area (Å²) in [4.78, 5) is 29.6. The van der Waals surface area contributed by atoms with Crippen LogP contribution in [-0.2, 0) is 20.2 Å². The van der Waals surface area contributed by atoms with E-state index in [2.05, 4.69) is 28.8 Å². The van der Waals surface area contributed by atoms with Crippen molar-refractivity contribution in [3.05, 3.63) is 83.4 Å². The van der Waals surface area contributed by atoms with Crippen molar-refractivity contribution in [3.8, 4) is 0 Å². The molecule has 204 valence electrons. The second kappa shape index (κ2) is 18.2. The van der Waals surface area contributed by atoms with Crippen molar-refractivity contribution in [2.45, 2.75) is 70.3 Å². The van der Waals surface area contributed by atoms with E-state index in [0.717, 1.165) is 56.1 Å². The molecule has 2 aromatic rings. The maximum atomic E-state index is 12.5. The summed E-state index contributed by atoms with van der Waals surface area (Å²) in [6, 6.07) is 17.3. The number of benzene rings is 2. The van der Waals surface area contributed by atoms with Gasteiger partial charge < -0.3 is 19.6 Å². The molecule has 1 atom stereocenters. The molecule has 0 aliphatic rings. The number of hydrogen-bond donors (Lipinski definition) is 3. The highest BCUT2D eigenvalue weighted by atomic mass is 32.2. The first kappa shape index (κ1) is 31.1. The van der Waals surface area contributed by atoms with E-state index in [1.807, 2.05) is 42.5 Å². The van der Waals surface area contributed by atoms with Gasteiger partial charge in [0.05, 0.1) is 13.2 Å². The van der Waals surface area contributed by atoms with Crippen molar-refractivity contribution < 1.29 is 33.5 Å². The molecular weight excluding hydrogens is 492 g/mol. The smallest absolute Gasteiger partial charge is 0.388 e. The van der Waals surface area contributed by atoms with Crippen molar-refractivity contribution in [1.82, 2.24) is 0 Å². The van der Waals surface area contributed by atoms with Crippen LogP contribution in [0.15, 0.2) is 66.7 Å². The third kappa shape index (κ3) is 15.0. The number of aliphatic hydroxyl groups is 1. The lowest BCUT2D eigenvalue weighted by Crippen LogP contribution is -2.21. The number of ketones is 1. The average molecular weight is 534 g/mol. The summed E-state index contributed by atoms with van der Waals surface area (Å²) in [5.41, 5.74) is 2.70. The van der Waals surface area contributed by atoms with Crippen LogP contribution in [0.1, 0.15) is 79.3 Å². The highest BCUT2D eigenvalue weighted by Crippen LogP contribution is 2.35. The number of carbonyl (C=O) groups excluding carboxylic acids is 1. The Balaban J connectivity index is 1.40. The van der Waals surface area contributed by atoms with Crippen molar-refractivity contribution >= 4 is 13.6 Å². The van der Waals surface area contributed by atoms with E-state index in [9.17, 15) is 14.5 Å². The van der Waals surface area contributed by atoms with Gasteiger partial charge in [0.2, 0.25) is 0 Å². The van der Waals surface area contributed by atoms with E-state index in [1.54, 1.807) is 0 Å². The second-order valence-corrected chi connectivity index (χ2v) is 10.4. The average Bonchev–Trinajstić information content (AvgIpc) is 2.89. The number of hydrogen-bond acceptors (Lipinski definition) is 5. The monoisotopic (exact) mass is 533 g/mol. The number of allylic oxidation sites excluding steroid dienone is 2. The van der Waals surface area contributed by atoms with E-state index in [0.29, 0.717) is 6.61 Å². The van der Waals surface area contributed by atoms with Gasteiger partial charge in [-0.2, -0.15) is 0 Å². The highest BCUT2D eigenvalue weighted by Gasteiger charge is 2.16. The Morgan fingerprint density at radius 1 is 0.784 bits per heavy atom. The van der Waals surface area contributed by atoms with Crippen LogP contribution in [0.4, 0.5) is 0 Å². The van der Waals surface area contributed by atoms with Gasteiger partial charge in [-0.1, -0.05) is 92.4 Å². The van der Waals surface area contributed by atoms with Gasteiger partial charge in [-0.15, -0.1) is 0 Å². The molecule has 7 nitrogen and oxygen atoms in total. The zero-order chi connectivity index (χ0) is 26.8. The molecule has 0 aliphatic heterocycles. The maximum absolute atomic E-state index is 12.5. The van der Waals surface area contributed by atoms with Crippen LogP contribution in [0, 0.1) is 0 Å². The van der Waals surface area contributed by atoms with Gasteiger partial charge >= 0.3 is 7.82 Å². The lowest BCUT2D eigenvalue weighted by molar-refractivity contribution is 0.00476. The molecule has 0 radical (unpaired) electrons. The Bertz CT molecular complexity index is 954. The molecule has 0 saturated carbocycles. The van der Waals surface area contributed by atoms with Gasteiger partial charge in [-0.25, -0.2) is 4.57 Å².